The summed E-state index contributed by atoms with van der Waals surface area (Å²) in [5.41, 5.74) is -0.266. The van der Waals surface area contributed by atoms with Crippen LogP contribution in [0.3, 0.4) is 0 Å². The zero-order chi connectivity index (χ0) is 13.8. The number of carbonyl (C=O) groups is 1. The van der Waals surface area contributed by atoms with Crippen molar-refractivity contribution in [3.8, 4) is 5.75 Å². The Hall–Kier alpha value is -1.64. The lowest BCUT2D eigenvalue weighted by molar-refractivity contribution is 0.0689. The standard InChI is InChI=1S/C10H13NO6S/c1-16-4-5-17-9-3-2-7(18(11,14)15)6-8(9)10(12)13/h2-3,6H,4-5H2,1H3,(H,12,13)(H2,11,14,15). The van der Waals surface area contributed by atoms with E-state index in [9.17, 15) is 13.2 Å². The van der Waals surface area contributed by atoms with E-state index in [0.717, 1.165) is 6.07 Å². The van der Waals surface area contributed by atoms with E-state index in [1.807, 2.05) is 0 Å². The van der Waals surface area contributed by atoms with E-state index in [-0.39, 0.29) is 29.4 Å². The molecule has 1 aromatic rings. The van der Waals surface area contributed by atoms with Crippen molar-refractivity contribution in [2.75, 3.05) is 20.3 Å². The quantitative estimate of drug-likeness (QED) is 0.709. The van der Waals surface area contributed by atoms with Crippen LogP contribution in [-0.2, 0) is 14.8 Å². The molecule has 1 aromatic carbocycles. The maximum Gasteiger partial charge on any atom is 0.339 e. The Morgan fingerprint density at radius 3 is 2.56 bits per heavy atom. The molecular formula is C10H13NO6S. The fourth-order valence-electron chi connectivity index (χ4n) is 1.21. The maximum absolute atomic E-state index is 11.1. The first-order valence-corrected chi connectivity index (χ1v) is 6.42. The number of hydrogen-bond donors (Lipinski definition) is 2. The van der Waals surface area contributed by atoms with E-state index >= 15 is 0 Å². The minimum absolute atomic E-state index is 0.0620. The summed E-state index contributed by atoms with van der Waals surface area (Å²) in [7, 11) is -2.47. The molecule has 7 nitrogen and oxygen atoms in total. The number of benzene rings is 1. The number of carboxylic acids is 1. The summed E-state index contributed by atoms with van der Waals surface area (Å²) < 4.78 is 32.1. The molecule has 100 valence electrons. The van der Waals surface area contributed by atoms with Gasteiger partial charge in [-0.15, -0.1) is 0 Å². The van der Waals surface area contributed by atoms with E-state index in [2.05, 4.69) is 0 Å². The van der Waals surface area contributed by atoms with Crippen molar-refractivity contribution in [3.05, 3.63) is 23.8 Å². The third kappa shape index (κ3) is 3.69. The second-order valence-electron chi connectivity index (χ2n) is 3.35. The van der Waals surface area contributed by atoms with Crippen molar-refractivity contribution in [3.63, 3.8) is 0 Å². The molecule has 0 atom stereocenters. The fourth-order valence-corrected chi connectivity index (χ4v) is 1.75. The first kappa shape index (κ1) is 14.4. The first-order valence-electron chi connectivity index (χ1n) is 4.88. The Labute approximate surface area is 104 Å². The first-order chi connectivity index (χ1) is 8.36. The predicted octanol–water partition coefficient (Wildman–Crippen LogP) is 0.0574. The van der Waals surface area contributed by atoms with E-state index in [1.54, 1.807) is 0 Å². The molecule has 0 aromatic heterocycles. The second-order valence-corrected chi connectivity index (χ2v) is 4.91. The number of nitrogens with two attached hydrogens (primary N) is 1. The number of sulfonamides is 1. The van der Waals surface area contributed by atoms with Crippen LogP contribution in [0, 0.1) is 0 Å². The molecule has 1 rings (SSSR count). The van der Waals surface area contributed by atoms with Gasteiger partial charge in [0.15, 0.2) is 0 Å². The van der Waals surface area contributed by atoms with Crippen LogP contribution in [0.25, 0.3) is 0 Å². The Kier molecular flexibility index (Phi) is 4.65. The van der Waals surface area contributed by atoms with Crippen LogP contribution in [0.15, 0.2) is 23.1 Å². The van der Waals surface area contributed by atoms with E-state index in [4.69, 9.17) is 19.7 Å². The second kappa shape index (κ2) is 5.80. The summed E-state index contributed by atoms with van der Waals surface area (Å²) in [6.45, 7) is 0.446. The number of hydrogen-bond acceptors (Lipinski definition) is 5. The monoisotopic (exact) mass is 275 g/mol. The highest BCUT2D eigenvalue weighted by molar-refractivity contribution is 7.89. The van der Waals surface area contributed by atoms with Crippen molar-refractivity contribution in [1.29, 1.82) is 0 Å². The van der Waals surface area contributed by atoms with Gasteiger partial charge >= 0.3 is 5.97 Å². The van der Waals surface area contributed by atoms with Crippen molar-refractivity contribution in [1.82, 2.24) is 0 Å². The van der Waals surface area contributed by atoms with Gasteiger partial charge in [0.2, 0.25) is 10.0 Å². The number of aromatic carboxylic acids is 1. The van der Waals surface area contributed by atoms with Gasteiger partial charge in [-0.25, -0.2) is 18.4 Å². The van der Waals surface area contributed by atoms with Crippen LogP contribution in [0.4, 0.5) is 0 Å². The normalized spacial score (nSPS) is 11.2. The minimum atomic E-state index is -3.94. The van der Waals surface area contributed by atoms with Gasteiger partial charge < -0.3 is 14.6 Å². The molecule has 0 heterocycles. The lowest BCUT2D eigenvalue weighted by Crippen LogP contribution is -2.14. The third-order valence-corrected chi connectivity index (χ3v) is 2.97. The molecule has 0 aliphatic rings. The number of ether oxygens (including phenoxy) is 2. The Bertz CT molecular complexity index is 539. The lowest BCUT2D eigenvalue weighted by Gasteiger charge is -2.09. The number of methoxy groups -OCH3 is 1. The van der Waals surface area contributed by atoms with Crippen LogP contribution in [0.5, 0.6) is 5.75 Å². The Balaban J connectivity index is 3.09. The molecule has 0 spiro atoms. The van der Waals surface area contributed by atoms with Crippen molar-refractivity contribution >= 4 is 16.0 Å². The summed E-state index contributed by atoms with van der Waals surface area (Å²) in [5.74, 6) is -1.24. The van der Waals surface area contributed by atoms with Gasteiger partial charge in [-0.2, -0.15) is 0 Å². The van der Waals surface area contributed by atoms with E-state index < -0.39 is 16.0 Å². The predicted molar refractivity (Wildman–Crippen MR) is 62.1 cm³/mol. The number of rotatable bonds is 6. The molecule has 18 heavy (non-hydrogen) atoms. The zero-order valence-corrected chi connectivity index (χ0v) is 10.4. The van der Waals surface area contributed by atoms with Gasteiger partial charge in [-0.1, -0.05) is 0 Å². The summed E-state index contributed by atoms with van der Waals surface area (Å²) >= 11 is 0. The van der Waals surface area contributed by atoms with Crippen molar-refractivity contribution < 1.29 is 27.8 Å². The van der Waals surface area contributed by atoms with Crippen molar-refractivity contribution in [2.45, 2.75) is 4.90 Å². The van der Waals surface area contributed by atoms with Gasteiger partial charge in [0, 0.05) is 7.11 Å². The van der Waals surface area contributed by atoms with Crippen LogP contribution < -0.4 is 9.88 Å². The number of carboxylic acid groups (broad SMARTS) is 1. The molecule has 8 heteroatoms. The zero-order valence-electron chi connectivity index (χ0n) is 9.62. The molecule has 0 unspecified atom stereocenters. The largest absolute Gasteiger partial charge is 0.490 e. The van der Waals surface area contributed by atoms with Crippen LogP contribution in [0.1, 0.15) is 10.4 Å². The minimum Gasteiger partial charge on any atom is -0.490 e. The highest BCUT2D eigenvalue weighted by Crippen LogP contribution is 2.22. The molecule has 0 aliphatic heterocycles. The third-order valence-electron chi connectivity index (χ3n) is 2.05. The molecule has 0 saturated carbocycles. The molecule has 0 fully saturated rings. The molecule has 0 aliphatic carbocycles. The fraction of sp³-hybridized carbons (Fsp3) is 0.300. The molecule has 0 saturated heterocycles. The van der Waals surface area contributed by atoms with Gasteiger partial charge in [0.05, 0.1) is 11.5 Å². The maximum atomic E-state index is 11.1. The van der Waals surface area contributed by atoms with Crippen LogP contribution in [0.2, 0.25) is 0 Å². The average molecular weight is 275 g/mol. The van der Waals surface area contributed by atoms with Gasteiger partial charge in [0.25, 0.3) is 0 Å². The van der Waals surface area contributed by atoms with Gasteiger partial charge in [-0.05, 0) is 18.2 Å². The number of primary sulfonamides is 1. The molecule has 0 radical (unpaired) electrons. The van der Waals surface area contributed by atoms with Crippen LogP contribution >= 0.6 is 0 Å². The van der Waals surface area contributed by atoms with E-state index in [1.165, 1.54) is 19.2 Å². The molecule has 0 bridgehead atoms. The highest BCUT2D eigenvalue weighted by atomic mass is 32.2. The summed E-state index contributed by atoms with van der Waals surface area (Å²) in [4.78, 5) is 10.7. The van der Waals surface area contributed by atoms with Crippen molar-refractivity contribution in [2.24, 2.45) is 5.14 Å². The summed E-state index contributed by atoms with van der Waals surface area (Å²) in [5, 5.41) is 13.9. The molecule has 0 amide bonds. The average Bonchev–Trinajstić information content (AvgIpc) is 2.28. The Morgan fingerprint density at radius 2 is 2.06 bits per heavy atom. The van der Waals surface area contributed by atoms with Crippen LogP contribution in [-0.4, -0.2) is 39.8 Å². The smallest absolute Gasteiger partial charge is 0.339 e. The topological polar surface area (TPSA) is 116 Å². The lowest BCUT2D eigenvalue weighted by atomic mass is 10.2. The molecule has 3 N–H and O–H groups in total. The molecular weight excluding hydrogens is 262 g/mol. The summed E-state index contributed by atoms with van der Waals surface area (Å²) in [6.07, 6.45) is 0. The highest BCUT2D eigenvalue weighted by Gasteiger charge is 2.16. The van der Waals surface area contributed by atoms with E-state index in [0.29, 0.717) is 0 Å². The summed E-state index contributed by atoms with van der Waals surface area (Å²) in [6, 6.07) is 3.39. The van der Waals surface area contributed by atoms with Gasteiger partial charge in [0.1, 0.15) is 17.9 Å². The Morgan fingerprint density at radius 1 is 1.39 bits per heavy atom. The van der Waals surface area contributed by atoms with Gasteiger partial charge in [-0.3, -0.25) is 0 Å². The SMILES string of the molecule is COCCOc1ccc(S(N)(=O)=O)cc1C(=O)O.